The number of Topliss-reactive ketones (excluding diaryl/α,β-unsaturated/α-hetero) is 4. The number of carboxylic acid groups (broad SMARTS) is 1. The molecule has 202 valence electrons. The topological polar surface area (TPSA) is 132 Å². The molecule has 0 aromatic carbocycles. The number of hydrogen-bond acceptors (Lipinski definition) is 7. The molecule has 4 rings (SSSR count). The molecule has 7 atom stereocenters. The number of carbonyl (C=O) groups excluding carboxylic acids is 5. The number of hydrogen-bond donors (Lipinski definition) is 1. The Morgan fingerprint density at radius 2 is 1.62 bits per heavy atom. The number of allylic oxidation sites excluding steroid dienone is 1. The molecule has 0 amide bonds. The highest BCUT2D eigenvalue weighted by atomic mass is 16.5. The fourth-order valence-electron chi connectivity index (χ4n) is 8.53. The van der Waals surface area contributed by atoms with Crippen molar-refractivity contribution in [3.63, 3.8) is 0 Å². The number of carbonyl (C=O) groups is 6. The minimum Gasteiger partial charge on any atom is -0.481 e. The largest absolute Gasteiger partial charge is 0.481 e. The van der Waals surface area contributed by atoms with Crippen LogP contribution in [0.1, 0.15) is 87.0 Å². The van der Waals surface area contributed by atoms with Gasteiger partial charge in [-0.1, -0.05) is 34.6 Å². The van der Waals surface area contributed by atoms with Gasteiger partial charge in [0.2, 0.25) is 5.78 Å². The lowest BCUT2D eigenvalue weighted by Crippen LogP contribution is -2.64. The van der Waals surface area contributed by atoms with E-state index in [2.05, 4.69) is 0 Å². The Kier molecular flexibility index (Phi) is 6.24. The monoisotopic (exact) mass is 514 g/mol. The maximum absolute atomic E-state index is 14.4. The molecule has 2 saturated carbocycles. The van der Waals surface area contributed by atoms with E-state index in [9.17, 15) is 33.9 Å². The van der Waals surface area contributed by atoms with E-state index in [1.54, 1.807) is 13.8 Å². The fourth-order valence-corrected chi connectivity index (χ4v) is 8.53. The third-order valence-corrected chi connectivity index (χ3v) is 10.8. The summed E-state index contributed by atoms with van der Waals surface area (Å²) < 4.78 is 5.75. The minimum atomic E-state index is -1.38. The Bertz CT molecular complexity index is 1160. The van der Waals surface area contributed by atoms with Crippen molar-refractivity contribution < 1.29 is 38.6 Å². The Morgan fingerprint density at radius 1 is 1.00 bits per heavy atom. The molecule has 0 saturated heterocycles. The van der Waals surface area contributed by atoms with Gasteiger partial charge in [-0.2, -0.15) is 0 Å². The highest BCUT2D eigenvalue weighted by Gasteiger charge is 2.74. The van der Waals surface area contributed by atoms with Crippen molar-refractivity contribution >= 4 is 35.1 Å². The van der Waals surface area contributed by atoms with E-state index in [4.69, 9.17) is 4.74 Å². The summed E-state index contributed by atoms with van der Waals surface area (Å²) in [5.41, 5.74) is -3.77. The van der Waals surface area contributed by atoms with Crippen LogP contribution in [0, 0.1) is 39.4 Å². The van der Waals surface area contributed by atoms with Crippen LogP contribution in [0.4, 0.5) is 0 Å². The van der Waals surface area contributed by atoms with Gasteiger partial charge in [0.05, 0.1) is 5.41 Å². The van der Waals surface area contributed by atoms with E-state index in [1.807, 2.05) is 27.7 Å². The third kappa shape index (κ3) is 3.46. The van der Waals surface area contributed by atoms with Crippen LogP contribution in [0.5, 0.6) is 0 Å². The van der Waals surface area contributed by atoms with Crippen LogP contribution in [0.2, 0.25) is 0 Å². The molecule has 37 heavy (non-hydrogen) atoms. The Morgan fingerprint density at radius 3 is 2.19 bits per heavy atom. The van der Waals surface area contributed by atoms with Crippen molar-refractivity contribution in [1.82, 2.24) is 0 Å². The van der Waals surface area contributed by atoms with Crippen LogP contribution in [0.15, 0.2) is 11.1 Å². The van der Waals surface area contributed by atoms with Gasteiger partial charge in [0.1, 0.15) is 11.6 Å². The molecule has 4 aliphatic carbocycles. The van der Waals surface area contributed by atoms with Gasteiger partial charge in [-0.05, 0) is 37.5 Å². The molecular weight excluding hydrogens is 476 g/mol. The standard InChI is InChI=1S/C29H38O8/c1-14(8-9-21(34)35)16-12-20(33)29(7)22-17(31)13-18-26(3,4)19(32)10-11-27(18,5)23(22)24(36)25(28(16,29)6)37-15(2)30/h14,16,18,25H,8-13H2,1-7H3,(H,34,35)/t14-,16-,18?,25?,27+,28+,29+/m0/s1. The van der Waals surface area contributed by atoms with Crippen LogP contribution in [0.3, 0.4) is 0 Å². The lowest BCUT2D eigenvalue weighted by molar-refractivity contribution is -0.175. The second-order valence-corrected chi connectivity index (χ2v) is 12.9. The average Bonchev–Trinajstić information content (AvgIpc) is 3.01. The summed E-state index contributed by atoms with van der Waals surface area (Å²) in [5, 5.41) is 9.24. The van der Waals surface area contributed by atoms with Crippen LogP contribution >= 0.6 is 0 Å². The first-order valence-corrected chi connectivity index (χ1v) is 13.2. The highest BCUT2D eigenvalue weighted by molar-refractivity contribution is 6.18. The van der Waals surface area contributed by atoms with Crippen LogP contribution in [0.25, 0.3) is 0 Å². The maximum atomic E-state index is 14.4. The molecule has 0 radical (unpaired) electrons. The van der Waals surface area contributed by atoms with E-state index in [0.29, 0.717) is 6.42 Å². The van der Waals surface area contributed by atoms with Crippen molar-refractivity contribution in [2.45, 2.75) is 93.1 Å². The maximum Gasteiger partial charge on any atom is 0.303 e. The molecule has 0 bridgehead atoms. The van der Waals surface area contributed by atoms with Crippen molar-refractivity contribution in [2.75, 3.05) is 0 Å². The molecule has 2 fully saturated rings. The number of ketones is 4. The molecule has 4 aliphatic rings. The Hall–Kier alpha value is -2.64. The normalized spacial score (nSPS) is 39.6. The minimum absolute atomic E-state index is 0.0481. The summed E-state index contributed by atoms with van der Waals surface area (Å²) in [4.78, 5) is 78.9. The van der Waals surface area contributed by atoms with Gasteiger partial charge in [0.15, 0.2) is 11.9 Å². The first kappa shape index (κ1) is 27.4. The number of rotatable bonds is 5. The molecule has 0 heterocycles. The van der Waals surface area contributed by atoms with Gasteiger partial charge >= 0.3 is 11.9 Å². The molecular formula is C29H38O8. The van der Waals surface area contributed by atoms with Crippen molar-refractivity contribution in [3.8, 4) is 0 Å². The fraction of sp³-hybridized carbons (Fsp3) is 0.724. The van der Waals surface area contributed by atoms with Gasteiger partial charge in [-0.3, -0.25) is 28.8 Å². The molecule has 0 aromatic rings. The highest BCUT2D eigenvalue weighted by Crippen LogP contribution is 2.70. The molecule has 0 aromatic heterocycles. The van der Waals surface area contributed by atoms with Gasteiger partial charge < -0.3 is 9.84 Å². The summed E-state index contributed by atoms with van der Waals surface area (Å²) in [6, 6.07) is 0. The van der Waals surface area contributed by atoms with E-state index >= 15 is 0 Å². The second kappa shape index (κ2) is 8.43. The summed E-state index contributed by atoms with van der Waals surface area (Å²) in [7, 11) is 0. The van der Waals surface area contributed by atoms with Crippen molar-refractivity contribution in [3.05, 3.63) is 11.1 Å². The second-order valence-electron chi connectivity index (χ2n) is 12.9. The first-order chi connectivity index (χ1) is 17.0. The third-order valence-electron chi connectivity index (χ3n) is 10.8. The van der Waals surface area contributed by atoms with Gasteiger partial charge in [0.25, 0.3) is 0 Å². The van der Waals surface area contributed by atoms with Gasteiger partial charge in [-0.15, -0.1) is 0 Å². The SMILES string of the molecule is CC(=O)OC1C(=O)C2=C(C(=O)CC3C(C)(C)C(=O)CC[C@@]23C)[C@@]2(C)C(=O)C[C@@H]([C@@H](C)CCC(=O)O)[C@]12C. The molecule has 0 spiro atoms. The summed E-state index contributed by atoms with van der Waals surface area (Å²) >= 11 is 0. The lowest BCUT2D eigenvalue weighted by Gasteiger charge is -2.59. The Labute approximate surface area is 217 Å². The zero-order chi connectivity index (χ0) is 27.9. The van der Waals surface area contributed by atoms with E-state index in [-0.39, 0.29) is 66.5 Å². The first-order valence-electron chi connectivity index (χ1n) is 13.2. The zero-order valence-corrected chi connectivity index (χ0v) is 22.9. The van der Waals surface area contributed by atoms with Crippen molar-refractivity contribution in [1.29, 1.82) is 0 Å². The number of carboxylic acids is 1. The molecule has 1 N–H and O–H groups in total. The van der Waals surface area contributed by atoms with Crippen LogP contribution in [-0.2, 0) is 33.5 Å². The van der Waals surface area contributed by atoms with E-state index in [1.165, 1.54) is 6.92 Å². The van der Waals surface area contributed by atoms with Crippen LogP contribution < -0.4 is 0 Å². The Balaban J connectivity index is 1.98. The van der Waals surface area contributed by atoms with Gasteiger partial charge in [0, 0.05) is 60.0 Å². The predicted octanol–water partition coefficient (Wildman–Crippen LogP) is 3.88. The van der Waals surface area contributed by atoms with Crippen molar-refractivity contribution in [2.24, 2.45) is 39.4 Å². The van der Waals surface area contributed by atoms with Crippen LogP contribution in [-0.4, -0.2) is 46.3 Å². The summed E-state index contributed by atoms with van der Waals surface area (Å²) in [6.45, 7) is 12.1. The number of aliphatic carboxylic acids is 1. The van der Waals surface area contributed by atoms with E-state index < -0.39 is 57.3 Å². The summed E-state index contributed by atoms with van der Waals surface area (Å²) in [5.74, 6) is -3.66. The van der Waals surface area contributed by atoms with E-state index in [0.717, 1.165) is 0 Å². The molecule has 8 heteroatoms. The predicted molar refractivity (Wildman–Crippen MR) is 132 cm³/mol. The lowest BCUT2D eigenvalue weighted by atomic mass is 9.42. The number of esters is 1. The van der Waals surface area contributed by atoms with Gasteiger partial charge in [-0.25, -0.2) is 0 Å². The molecule has 8 nitrogen and oxygen atoms in total. The molecule has 2 unspecified atom stereocenters. The smallest absolute Gasteiger partial charge is 0.303 e. The zero-order valence-electron chi connectivity index (χ0n) is 22.9. The average molecular weight is 515 g/mol. The number of fused-ring (bicyclic) bond motifs is 4. The summed E-state index contributed by atoms with van der Waals surface area (Å²) in [6.07, 6.45) is -0.333. The molecule has 0 aliphatic heterocycles. The number of ether oxygens (including phenoxy) is 1. The quantitative estimate of drug-likeness (QED) is 0.547.